The Bertz CT molecular complexity index is 311. The summed E-state index contributed by atoms with van der Waals surface area (Å²) in [6, 6.07) is 5.86. The summed E-state index contributed by atoms with van der Waals surface area (Å²) in [5.41, 5.74) is 1.06. The largest absolute Gasteiger partial charge is 0.496 e. The minimum atomic E-state index is -0.242. The van der Waals surface area contributed by atoms with Gasteiger partial charge in [-0.05, 0) is 18.2 Å². The Kier molecular flexibility index (Phi) is 5.08. The lowest BCUT2D eigenvalue weighted by molar-refractivity contribution is -0.100. The predicted octanol–water partition coefficient (Wildman–Crippen LogP) is 2.62. The van der Waals surface area contributed by atoms with Crippen LogP contribution in [0.4, 0.5) is 0 Å². The number of halogens is 1. The van der Waals surface area contributed by atoms with Gasteiger partial charge in [-0.2, -0.15) is 0 Å². The van der Waals surface area contributed by atoms with Gasteiger partial charge in [0.25, 0.3) is 0 Å². The molecule has 0 aliphatic heterocycles. The van der Waals surface area contributed by atoms with Crippen molar-refractivity contribution >= 4 is 15.9 Å². The first-order chi connectivity index (χ1) is 7.21. The SMILES string of the molecule is COc1ccc(Br)cc1CC(OC)OC. The van der Waals surface area contributed by atoms with Crippen LogP contribution in [-0.2, 0) is 15.9 Å². The standard InChI is InChI=1S/C11H15BrO3/c1-13-10-5-4-9(12)6-8(10)7-11(14-2)15-3/h4-6,11H,7H2,1-3H3. The van der Waals surface area contributed by atoms with Crippen LogP contribution in [0.3, 0.4) is 0 Å². The van der Waals surface area contributed by atoms with Crippen molar-refractivity contribution in [3.63, 3.8) is 0 Å². The molecule has 0 fully saturated rings. The molecule has 4 heteroatoms. The second kappa shape index (κ2) is 6.10. The third kappa shape index (κ3) is 3.48. The van der Waals surface area contributed by atoms with Crippen LogP contribution in [0, 0.1) is 0 Å². The lowest BCUT2D eigenvalue weighted by Crippen LogP contribution is -2.16. The first-order valence-corrected chi connectivity index (χ1v) is 5.38. The summed E-state index contributed by atoms with van der Waals surface area (Å²) in [6.45, 7) is 0. The van der Waals surface area contributed by atoms with E-state index >= 15 is 0 Å². The minimum Gasteiger partial charge on any atom is -0.496 e. The van der Waals surface area contributed by atoms with E-state index < -0.39 is 0 Å². The lowest BCUT2D eigenvalue weighted by Gasteiger charge is -2.15. The highest BCUT2D eigenvalue weighted by Crippen LogP contribution is 2.24. The van der Waals surface area contributed by atoms with E-state index in [1.165, 1.54) is 0 Å². The highest BCUT2D eigenvalue weighted by molar-refractivity contribution is 9.10. The van der Waals surface area contributed by atoms with Crippen molar-refractivity contribution in [1.82, 2.24) is 0 Å². The Balaban J connectivity index is 2.86. The van der Waals surface area contributed by atoms with Crippen LogP contribution < -0.4 is 4.74 Å². The molecule has 0 radical (unpaired) electrons. The van der Waals surface area contributed by atoms with E-state index in [-0.39, 0.29) is 6.29 Å². The first-order valence-electron chi connectivity index (χ1n) is 4.59. The summed E-state index contributed by atoms with van der Waals surface area (Å²) < 4.78 is 16.6. The van der Waals surface area contributed by atoms with Crippen molar-refractivity contribution in [1.29, 1.82) is 0 Å². The summed E-state index contributed by atoms with van der Waals surface area (Å²) >= 11 is 3.42. The highest BCUT2D eigenvalue weighted by Gasteiger charge is 2.11. The monoisotopic (exact) mass is 274 g/mol. The molecule has 3 nitrogen and oxygen atoms in total. The minimum absolute atomic E-state index is 0.242. The molecule has 0 N–H and O–H groups in total. The van der Waals surface area contributed by atoms with Crippen molar-refractivity contribution in [3.8, 4) is 5.75 Å². The smallest absolute Gasteiger partial charge is 0.160 e. The molecule has 0 aromatic heterocycles. The molecule has 0 amide bonds. The summed E-state index contributed by atoms with van der Waals surface area (Å²) in [5.74, 6) is 0.845. The fraction of sp³-hybridized carbons (Fsp3) is 0.455. The van der Waals surface area contributed by atoms with Crippen LogP contribution in [0.2, 0.25) is 0 Å². The molecule has 0 spiro atoms. The molecule has 1 aromatic carbocycles. The van der Waals surface area contributed by atoms with Crippen molar-refractivity contribution in [2.75, 3.05) is 21.3 Å². The second-order valence-corrected chi connectivity index (χ2v) is 3.98. The van der Waals surface area contributed by atoms with Crippen molar-refractivity contribution in [2.45, 2.75) is 12.7 Å². The zero-order valence-corrected chi connectivity index (χ0v) is 10.7. The molecule has 0 aliphatic carbocycles. The van der Waals surface area contributed by atoms with E-state index in [0.29, 0.717) is 6.42 Å². The molecule has 0 heterocycles. The van der Waals surface area contributed by atoms with Gasteiger partial charge in [-0.1, -0.05) is 15.9 Å². The van der Waals surface area contributed by atoms with Gasteiger partial charge in [0, 0.05) is 30.7 Å². The number of benzene rings is 1. The van der Waals surface area contributed by atoms with Crippen molar-refractivity contribution in [2.24, 2.45) is 0 Å². The maximum Gasteiger partial charge on any atom is 0.160 e. The van der Waals surface area contributed by atoms with E-state index in [2.05, 4.69) is 15.9 Å². The normalized spacial score (nSPS) is 10.7. The molecule has 0 saturated heterocycles. The lowest BCUT2D eigenvalue weighted by atomic mass is 10.1. The zero-order valence-electron chi connectivity index (χ0n) is 9.12. The maximum absolute atomic E-state index is 5.26. The van der Waals surface area contributed by atoms with Gasteiger partial charge in [-0.15, -0.1) is 0 Å². The van der Waals surface area contributed by atoms with Crippen LogP contribution in [0.25, 0.3) is 0 Å². The second-order valence-electron chi connectivity index (χ2n) is 3.06. The Hall–Kier alpha value is -0.580. The Morgan fingerprint density at radius 2 is 1.87 bits per heavy atom. The van der Waals surface area contributed by atoms with Gasteiger partial charge in [0.05, 0.1) is 7.11 Å². The molecular weight excluding hydrogens is 260 g/mol. The fourth-order valence-electron chi connectivity index (χ4n) is 1.35. The molecule has 0 atom stereocenters. The van der Waals surface area contributed by atoms with Crippen LogP contribution in [0.5, 0.6) is 5.75 Å². The van der Waals surface area contributed by atoms with Crippen LogP contribution in [0.1, 0.15) is 5.56 Å². The van der Waals surface area contributed by atoms with Gasteiger partial charge < -0.3 is 14.2 Å². The quantitative estimate of drug-likeness (QED) is 0.773. The third-order valence-electron chi connectivity index (χ3n) is 2.15. The third-order valence-corrected chi connectivity index (χ3v) is 2.65. The van der Waals surface area contributed by atoms with Crippen LogP contribution >= 0.6 is 15.9 Å². The number of rotatable bonds is 5. The van der Waals surface area contributed by atoms with Crippen LogP contribution in [-0.4, -0.2) is 27.6 Å². The van der Waals surface area contributed by atoms with E-state index in [4.69, 9.17) is 14.2 Å². The molecule has 1 rings (SSSR count). The summed E-state index contributed by atoms with van der Waals surface area (Å²) in [6.07, 6.45) is 0.420. The van der Waals surface area contributed by atoms with Gasteiger partial charge >= 0.3 is 0 Å². The molecule has 15 heavy (non-hydrogen) atoms. The highest BCUT2D eigenvalue weighted by atomic mass is 79.9. The van der Waals surface area contributed by atoms with Gasteiger partial charge in [0.1, 0.15) is 5.75 Å². The Morgan fingerprint density at radius 1 is 1.20 bits per heavy atom. The number of hydrogen-bond donors (Lipinski definition) is 0. The fourth-order valence-corrected chi connectivity index (χ4v) is 1.76. The topological polar surface area (TPSA) is 27.7 Å². The first kappa shape index (κ1) is 12.5. The average molecular weight is 275 g/mol. The molecule has 0 unspecified atom stereocenters. The van der Waals surface area contributed by atoms with E-state index in [0.717, 1.165) is 15.8 Å². The predicted molar refractivity (Wildman–Crippen MR) is 62.2 cm³/mol. The maximum atomic E-state index is 5.26. The zero-order chi connectivity index (χ0) is 11.3. The molecule has 1 aromatic rings. The van der Waals surface area contributed by atoms with Crippen molar-refractivity contribution in [3.05, 3.63) is 28.2 Å². The van der Waals surface area contributed by atoms with Crippen LogP contribution in [0.15, 0.2) is 22.7 Å². The van der Waals surface area contributed by atoms with Gasteiger partial charge in [0.2, 0.25) is 0 Å². The molecule has 84 valence electrons. The van der Waals surface area contributed by atoms with Crippen molar-refractivity contribution < 1.29 is 14.2 Å². The summed E-state index contributed by atoms with van der Waals surface area (Å²) in [4.78, 5) is 0. The average Bonchev–Trinajstić information content (AvgIpc) is 2.26. The van der Waals surface area contributed by atoms with Gasteiger partial charge in [-0.25, -0.2) is 0 Å². The Labute approximate surface area is 98.5 Å². The van der Waals surface area contributed by atoms with E-state index in [1.54, 1.807) is 21.3 Å². The summed E-state index contributed by atoms with van der Waals surface area (Å²) in [7, 11) is 4.90. The molecular formula is C11H15BrO3. The molecule has 0 aliphatic rings. The number of ether oxygens (including phenoxy) is 3. The van der Waals surface area contributed by atoms with E-state index in [9.17, 15) is 0 Å². The molecule has 0 bridgehead atoms. The summed E-state index contributed by atoms with van der Waals surface area (Å²) in [5, 5.41) is 0. The Morgan fingerprint density at radius 3 is 2.40 bits per heavy atom. The number of hydrogen-bond acceptors (Lipinski definition) is 3. The van der Waals surface area contributed by atoms with Gasteiger partial charge in [-0.3, -0.25) is 0 Å². The number of methoxy groups -OCH3 is 3. The van der Waals surface area contributed by atoms with Gasteiger partial charge in [0.15, 0.2) is 6.29 Å². The molecule has 0 saturated carbocycles. The van der Waals surface area contributed by atoms with E-state index in [1.807, 2.05) is 18.2 Å².